The zero-order valence-electron chi connectivity index (χ0n) is 13.1. The van der Waals surface area contributed by atoms with Gasteiger partial charge in [0.2, 0.25) is 10.0 Å². The van der Waals surface area contributed by atoms with Crippen LogP contribution in [0.2, 0.25) is 0 Å². The van der Waals surface area contributed by atoms with Crippen molar-refractivity contribution in [3.63, 3.8) is 0 Å². The summed E-state index contributed by atoms with van der Waals surface area (Å²) in [6.07, 6.45) is 4.05. The molecule has 1 unspecified atom stereocenters. The van der Waals surface area contributed by atoms with Crippen LogP contribution < -0.4 is 0 Å². The quantitative estimate of drug-likeness (QED) is 0.800. The summed E-state index contributed by atoms with van der Waals surface area (Å²) < 4.78 is 30.1. The topological polar surface area (TPSA) is 66.7 Å². The number of nitrogens with zero attached hydrogens (tertiary/aromatic N) is 3. The first kappa shape index (κ1) is 16.5. The molecule has 0 aliphatic carbocycles. The third-order valence-corrected chi connectivity index (χ3v) is 5.92. The lowest BCUT2D eigenvalue weighted by molar-refractivity contribution is 0.142. The summed E-state index contributed by atoms with van der Waals surface area (Å²) in [6.45, 7) is 3.68. The van der Waals surface area contributed by atoms with Gasteiger partial charge in [-0.3, -0.25) is 4.90 Å². The number of aromatic nitrogens is 1. The van der Waals surface area contributed by atoms with Gasteiger partial charge >= 0.3 is 0 Å². The van der Waals surface area contributed by atoms with E-state index in [1.807, 2.05) is 13.0 Å². The molecule has 1 saturated heterocycles. The smallest absolute Gasteiger partial charge is 0.213 e. The van der Waals surface area contributed by atoms with Crippen LogP contribution in [-0.4, -0.2) is 55.7 Å². The fraction of sp³-hybridized carbons (Fsp3) is 0.786. The van der Waals surface area contributed by atoms with E-state index in [0.29, 0.717) is 6.42 Å². The lowest BCUT2D eigenvalue weighted by Crippen LogP contribution is -2.36. The molecular formula is C14H25N3O3S. The lowest BCUT2D eigenvalue weighted by Gasteiger charge is -2.34. The van der Waals surface area contributed by atoms with Crippen molar-refractivity contribution < 1.29 is 12.9 Å². The Kier molecular flexibility index (Phi) is 5.40. The van der Waals surface area contributed by atoms with E-state index in [4.69, 9.17) is 4.52 Å². The van der Waals surface area contributed by atoms with Crippen molar-refractivity contribution in [3.05, 3.63) is 17.5 Å². The summed E-state index contributed by atoms with van der Waals surface area (Å²) in [4.78, 5) is 2.34. The zero-order chi connectivity index (χ0) is 15.5. The van der Waals surface area contributed by atoms with Crippen molar-refractivity contribution in [2.45, 2.75) is 38.6 Å². The second-order valence-corrected chi connectivity index (χ2v) is 8.16. The van der Waals surface area contributed by atoms with Gasteiger partial charge in [0.1, 0.15) is 11.5 Å². The van der Waals surface area contributed by atoms with Crippen LogP contribution in [0.3, 0.4) is 0 Å². The van der Waals surface area contributed by atoms with Gasteiger partial charge in [0, 0.05) is 20.2 Å². The van der Waals surface area contributed by atoms with Crippen LogP contribution in [0.1, 0.15) is 43.2 Å². The summed E-state index contributed by atoms with van der Waals surface area (Å²) in [7, 11) is 0.0566. The van der Waals surface area contributed by atoms with Gasteiger partial charge in [-0.05, 0) is 39.3 Å². The lowest BCUT2D eigenvalue weighted by atomic mass is 9.99. The summed E-state index contributed by atoms with van der Waals surface area (Å²) >= 11 is 0. The summed E-state index contributed by atoms with van der Waals surface area (Å²) in [6, 6.07) is 2.25. The number of rotatable bonds is 6. The molecule has 6 nitrogen and oxygen atoms in total. The molecule has 0 radical (unpaired) electrons. The molecule has 0 saturated carbocycles. The number of piperidine rings is 1. The molecular weight excluding hydrogens is 290 g/mol. The van der Waals surface area contributed by atoms with Gasteiger partial charge in [0.15, 0.2) is 0 Å². The molecule has 0 aromatic carbocycles. The van der Waals surface area contributed by atoms with Gasteiger partial charge in [-0.2, -0.15) is 0 Å². The fourth-order valence-corrected chi connectivity index (χ4v) is 3.63. The maximum Gasteiger partial charge on any atom is 0.213 e. The molecule has 0 bridgehead atoms. The van der Waals surface area contributed by atoms with Crippen molar-refractivity contribution in [2.75, 3.05) is 32.9 Å². The highest BCUT2D eigenvalue weighted by Gasteiger charge is 2.26. The van der Waals surface area contributed by atoms with E-state index < -0.39 is 10.0 Å². The zero-order valence-corrected chi connectivity index (χ0v) is 13.9. The van der Waals surface area contributed by atoms with E-state index in [9.17, 15) is 8.42 Å². The Hall–Kier alpha value is -0.920. The van der Waals surface area contributed by atoms with E-state index in [0.717, 1.165) is 37.4 Å². The van der Waals surface area contributed by atoms with Crippen molar-refractivity contribution in [1.29, 1.82) is 0 Å². The standard InChI is InChI=1S/C14H25N3O3S/c1-12-11-13(15-20-12)14-7-4-5-8-17(14)9-6-10-21(18,19)16(2)3/h11,14H,4-10H2,1-3H3. The maximum atomic E-state index is 11.8. The van der Waals surface area contributed by atoms with Gasteiger partial charge in [0.25, 0.3) is 0 Å². The largest absolute Gasteiger partial charge is 0.361 e. The van der Waals surface area contributed by atoms with E-state index in [-0.39, 0.29) is 11.8 Å². The maximum absolute atomic E-state index is 11.8. The van der Waals surface area contributed by atoms with Gasteiger partial charge < -0.3 is 4.52 Å². The highest BCUT2D eigenvalue weighted by atomic mass is 32.2. The van der Waals surface area contributed by atoms with Crippen molar-refractivity contribution >= 4 is 10.0 Å². The number of hydrogen-bond donors (Lipinski definition) is 0. The van der Waals surface area contributed by atoms with Crippen molar-refractivity contribution in [3.8, 4) is 0 Å². The predicted octanol–water partition coefficient (Wildman–Crippen LogP) is 1.79. The number of hydrogen-bond acceptors (Lipinski definition) is 5. The summed E-state index contributed by atoms with van der Waals surface area (Å²) in [5.41, 5.74) is 0.975. The molecule has 1 fully saturated rings. The first-order valence-electron chi connectivity index (χ1n) is 7.47. The number of aryl methyl sites for hydroxylation is 1. The van der Waals surface area contributed by atoms with Gasteiger partial charge in [0.05, 0.1) is 11.8 Å². The Labute approximate surface area is 127 Å². The molecule has 1 atom stereocenters. The Bertz CT molecular complexity index is 554. The minimum absolute atomic E-state index is 0.195. The number of likely N-dealkylation sites (tertiary alicyclic amines) is 1. The van der Waals surface area contributed by atoms with Crippen LogP contribution in [0.25, 0.3) is 0 Å². The second-order valence-electron chi connectivity index (χ2n) is 5.86. The van der Waals surface area contributed by atoms with Gasteiger partial charge in [-0.15, -0.1) is 0 Å². The predicted molar refractivity (Wildman–Crippen MR) is 81.5 cm³/mol. The minimum Gasteiger partial charge on any atom is -0.361 e. The van der Waals surface area contributed by atoms with Crippen LogP contribution in [0, 0.1) is 6.92 Å². The first-order chi connectivity index (χ1) is 9.90. The van der Waals surface area contributed by atoms with E-state index in [2.05, 4.69) is 10.1 Å². The highest BCUT2D eigenvalue weighted by molar-refractivity contribution is 7.89. The normalized spacial score (nSPS) is 21.0. The van der Waals surface area contributed by atoms with E-state index >= 15 is 0 Å². The summed E-state index contributed by atoms with van der Waals surface area (Å²) in [5, 5.41) is 4.13. The molecule has 1 aromatic rings. The highest BCUT2D eigenvalue weighted by Crippen LogP contribution is 2.30. The van der Waals surface area contributed by atoms with Crippen molar-refractivity contribution in [1.82, 2.24) is 14.4 Å². The van der Waals surface area contributed by atoms with Crippen LogP contribution >= 0.6 is 0 Å². The minimum atomic E-state index is -3.10. The molecule has 120 valence electrons. The second kappa shape index (κ2) is 6.89. The van der Waals surface area contributed by atoms with Crippen LogP contribution in [0.5, 0.6) is 0 Å². The van der Waals surface area contributed by atoms with Crippen LogP contribution in [-0.2, 0) is 10.0 Å². The third kappa shape index (κ3) is 4.28. The van der Waals surface area contributed by atoms with Gasteiger partial charge in [-0.1, -0.05) is 11.6 Å². The first-order valence-corrected chi connectivity index (χ1v) is 9.08. The SMILES string of the molecule is Cc1cc(C2CCCCN2CCCS(=O)(=O)N(C)C)no1. The van der Waals surface area contributed by atoms with Crippen LogP contribution in [0.4, 0.5) is 0 Å². The molecule has 0 amide bonds. The van der Waals surface area contributed by atoms with Crippen molar-refractivity contribution in [2.24, 2.45) is 0 Å². The Balaban J connectivity index is 1.94. The Morgan fingerprint density at radius 3 is 2.81 bits per heavy atom. The molecule has 1 aromatic heterocycles. The molecule has 2 rings (SSSR count). The number of sulfonamides is 1. The molecule has 21 heavy (non-hydrogen) atoms. The Morgan fingerprint density at radius 2 is 2.19 bits per heavy atom. The fourth-order valence-electron chi connectivity index (χ4n) is 2.77. The molecule has 7 heteroatoms. The molecule has 1 aliphatic heterocycles. The molecule has 2 heterocycles. The molecule has 0 spiro atoms. The Morgan fingerprint density at radius 1 is 1.43 bits per heavy atom. The summed E-state index contributed by atoms with van der Waals surface area (Å²) in [5.74, 6) is 1.02. The average molecular weight is 315 g/mol. The monoisotopic (exact) mass is 315 g/mol. The molecule has 1 aliphatic rings. The third-order valence-electron chi connectivity index (χ3n) is 4.01. The van der Waals surface area contributed by atoms with Crippen LogP contribution in [0.15, 0.2) is 10.6 Å². The van der Waals surface area contributed by atoms with E-state index in [1.165, 1.54) is 10.7 Å². The van der Waals surface area contributed by atoms with E-state index in [1.54, 1.807) is 14.1 Å². The molecule has 0 N–H and O–H groups in total. The average Bonchev–Trinajstić information content (AvgIpc) is 2.85. The van der Waals surface area contributed by atoms with Gasteiger partial charge in [-0.25, -0.2) is 12.7 Å².